The number of nitrogens with zero attached hydrogens (tertiary/aromatic N) is 2. The standard InChI is InChI=1S/C17H7F5N2O2/c18-13-10(14(19)16(21)17(22)15(13)20)7-5-8-4-6-9-11(23-8)2-1-3-12(9)24(25)26/h1-7H/b7-5+. The molecule has 3 rings (SSSR count). The van der Waals surface area contributed by atoms with Gasteiger partial charge in [0.15, 0.2) is 23.3 Å². The molecule has 0 spiro atoms. The second kappa shape index (κ2) is 6.51. The Kier molecular flexibility index (Phi) is 4.37. The maximum absolute atomic E-state index is 13.6. The molecule has 3 aromatic rings. The van der Waals surface area contributed by atoms with E-state index in [1.54, 1.807) is 0 Å². The summed E-state index contributed by atoms with van der Waals surface area (Å²) in [7, 11) is 0. The first-order valence-corrected chi connectivity index (χ1v) is 7.05. The van der Waals surface area contributed by atoms with E-state index in [-0.39, 0.29) is 22.3 Å². The van der Waals surface area contributed by atoms with E-state index in [2.05, 4.69) is 4.98 Å². The smallest absolute Gasteiger partial charge is 0.258 e. The van der Waals surface area contributed by atoms with Crippen molar-refractivity contribution in [3.63, 3.8) is 0 Å². The highest BCUT2D eigenvalue weighted by Gasteiger charge is 2.24. The lowest BCUT2D eigenvalue weighted by Gasteiger charge is -2.04. The third kappa shape index (κ3) is 2.87. The summed E-state index contributed by atoms with van der Waals surface area (Å²) in [4.78, 5) is 14.4. The molecule has 0 aliphatic rings. The van der Waals surface area contributed by atoms with E-state index in [0.717, 1.165) is 6.08 Å². The summed E-state index contributed by atoms with van der Waals surface area (Å²) < 4.78 is 66.6. The van der Waals surface area contributed by atoms with E-state index in [1.807, 2.05) is 0 Å². The van der Waals surface area contributed by atoms with Gasteiger partial charge in [-0.05, 0) is 30.4 Å². The lowest BCUT2D eigenvalue weighted by molar-refractivity contribution is -0.383. The largest absolute Gasteiger partial charge is 0.278 e. The molecule has 0 aliphatic heterocycles. The lowest BCUT2D eigenvalue weighted by atomic mass is 10.1. The van der Waals surface area contributed by atoms with E-state index in [1.165, 1.54) is 30.3 Å². The number of fused-ring (bicyclic) bond motifs is 1. The molecule has 9 heteroatoms. The van der Waals surface area contributed by atoms with Gasteiger partial charge in [-0.25, -0.2) is 26.9 Å². The monoisotopic (exact) mass is 366 g/mol. The number of nitro groups is 1. The van der Waals surface area contributed by atoms with Gasteiger partial charge in [-0.3, -0.25) is 10.1 Å². The lowest BCUT2D eigenvalue weighted by Crippen LogP contribution is -2.03. The van der Waals surface area contributed by atoms with Crippen molar-refractivity contribution < 1.29 is 26.9 Å². The zero-order valence-corrected chi connectivity index (χ0v) is 12.6. The van der Waals surface area contributed by atoms with Gasteiger partial charge in [0.2, 0.25) is 5.82 Å². The average molecular weight is 366 g/mol. The Bertz CT molecular complexity index is 1050. The van der Waals surface area contributed by atoms with E-state index in [4.69, 9.17) is 0 Å². The molecule has 0 saturated heterocycles. The fourth-order valence-electron chi connectivity index (χ4n) is 2.34. The molecule has 132 valence electrons. The fourth-order valence-corrected chi connectivity index (χ4v) is 2.34. The third-order valence-electron chi connectivity index (χ3n) is 3.59. The number of hydrogen-bond donors (Lipinski definition) is 0. The first-order chi connectivity index (χ1) is 12.3. The first-order valence-electron chi connectivity index (χ1n) is 7.05. The molecule has 0 unspecified atom stereocenters. The minimum atomic E-state index is -2.24. The molecule has 1 heterocycles. The number of halogens is 5. The van der Waals surface area contributed by atoms with Gasteiger partial charge in [0.25, 0.3) is 5.69 Å². The number of nitro benzene ring substituents is 1. The fraction of sp³-hybridized carbons (Fsp3) is 0. The highest BCUT2D eigenvalue weighted by molar-refractivity contribution is 5.89. The molecule has 0 fully saturated rings. The molecule has 0 amide bonds. The molecule has 2 aromatic carbocycles. The van der Waals surface area contributed by atoms with E-state index < -0.39 is 39.6 Å². The molecule has 26 heavy (non-hydrogen) atoms. The van der Waals surface area contributed by atoms with Crippen LogP contribution in [0.1, 0.15) is 11.3 Å². The number of pyridine rings is 1. The van der Waals surface area contributed by atoms with Crippen molar-refractivity contribution in [3.8, 4) is 0 Å². The number of rotatable bonds is 3. The van der Waals surface area contributed by atoms with Crippen LogP contribution in [0.4, 0.5) is 27.6 Å². The minimum Gasteiger partial charge on any atom is -0.258 e. The zero-order chi connectivity index (χ0) is 19.0. The Hall–Kier alpha value is -3.36. The van der Waals surface area contributed by atoms with Gasteiger partial charge < -0.3 is 0 Å². The first kappa shape index (κ1) is 17.5. The maximum Gasteiger partial charge on any atom is 0.278 e. The molecule has 0 aliphatic carbocycles. The molecule has 0 N–H and O–H groups in total. The van der Waals surface area contributed by atoms with Crippen LogP contribution in [0.5, 0.6) is 0 Å². The van der Waals surface area contributed by atoms with E-state index in [9.17, 15) is 32.1 Å². The minimum absolute atomic E-state index is 0.113. The molecular formula is C17H7F5N2O2. The second-order valence-electron chi connectivity index (χ2n) is 5.15. The summed E-state index contributed by atoms with van der Waals surface area (Å²) in [6.07, 6.45) is 1.73. The Morgan fingerprint density at radius 2 is 1.46 bits per heavy atom. The van der Waals surface area contributed by atoms with Crippen LogP contribution in [0.25, 0.3) is 23.1 Å². The van der Waals surface area contributed by atoms with Crippen LogP contribution in [0, 0.1) is 39.2 Å². The van der Waals surface area contributed by atoms with Crippen LogP contribution in [0.15, 0.2) is 30.3 Å². The van der Waals surface area contributed by atoms with Crippen molar-refractivity contribution in [2.75, 3.05) is 0 Å². The molecular weight excluding hydrogens is 359 g/mol. The van der Waals surface area contributed by atoms with Crippen LogP contribution < -0.4 is 0 Å². The SMILES string of the molecule is O=[N+]([O-])c1cccc2nc(/C=C/c3c(F)c(F)c(F)c(F)c3F)ccc12. The summed E-state index contributed by atoms with van der Waals surface area (Å²) in [5.74, 6) is -10.3. The van der Waals surface area contributed by atoms with E-state index in [0.29, 0.717) is 6.08 Å². The summed E-state index contributed by atoms with van der Waals surface area (Å²) >= 11 is 0. The number of benzene rings is 2. The predicted molar refractivity (Wildman–Crippen MR) is 83.6 cm³/mol. The molecule has 0 saturated carbocycles. The van der Waals surface area contributed by atoms with Gasteiger partial charge in [0.05, 0.1) is 27.1 Å². The zero-order valence-electron chi connectivity index (χ0n) is 12.6. The summed E-state index contributed by atoms with van der Waals surface area (Å²) in [6.45, 7) is 0. The highest BCUT2D eigenvalue weighted by atomic mass is 19.2. The van der Waals surface area contributed by atoms with Crippen LogP contribution in [0.3, 0.4) is 0 Å². The molecule has 4 nitrogen and oxygen atoms in total. The average Bonchev–Trinajstić information content (AvgIpc) is 2.64. The van der Waals surface area contributed by atoms with Gasteiger partial charge in [-0.1, -0.05) is 6.07 Å². The maximum atomic E-state index is 13.6. The molecule has 1 aromatic heterocycles. The van der Waals surface area contributed by atoms with Crippen molar-refractivity contribution in [1.29, 1.82) is 0 Å². The summed E-state index contributed by atoms with van der Waals surface area (Å²) in [6, 6.07) is 6.87. The summed E-state index contributed by atoms with van der Waals surface area (Å²) in [5.41, 5.74) is -0.937. The van der Waals surface area contributed by atoms with Gasteiger partial charge >= 0.3 is 0 Å². The Morgan fingerprint density at radius 1 is 0.846 bits per heavy atom. The van der Waals surface area contributed by atoms with Gasteiger partial charge in [0, 0.05) is 6.07 Å². The Labute approximate surface area is 142 Å². The quantitative estimate of drug-likeness (QED) is 0.215. The van der Waals surface area contributed by atoms with Crippen molar-refractivity contribution in [2.45, 2.75) is 0 Å². The van der Waals surface area contributed by atoms with Crippen LogP contribution in [-0.4, -0.2) is 9.91 Å². The van der Waals surface area contributed by atoms with Crippen molar-refractivity contribution >= 4 is 28.7 Å². The van der Waals surface area contributed by atoms with Crippen molar-refractivity contribution in [3.05, 3.63) is 80.8 Å². The summed E-state index contributed by atoms with van der Waals surface area (Å²) in [5, 5.41) is 11.2. The van der Waals surface area contributed by atoms with Crippen LogP contribution in [-0.2, 0) is 0 Å². The Balaban J connectivity index is 2.06. The highest BCUT2D eigenvalue weighted by Crippen LogP contribution is 2.26. The van der Waals surface area contributed by atoms with Crippen LogP contribution in [0.2, 0.25) is 0 Å². The normalized spacial score (nSPS) is 11.4. The second-order valence-corrected chi connectivity index (χ2v) is 5.15. The van der Waals surface area contributed by atoms with Crippen molar-refractivity contribution in [1.82, 2.24) is 4.98 Å². The molecule has 0 bridgehead atoms. The topological polar surface area (TPSA) is 56.0 Å². The predicted octanol–water partition coefficient (Wildman–Crippen LogP) is 5.01. The van der Waals surface area contributed by atoms with E-state index >= 15 is 0 Å². The number of hydrogen-bond acceptors (Lipinski definition) is 3. The third-order valence-corrected chi connectivity index (χ3v) is 3.59. The van der Waals surface area contributed by atoms with Gasteiger partial charge in [-0.15, -0.1) is 0 Å². The van der Waals surface area contributed by atoms with Crippen molar-refractivity contribution in [2.24, 2.45) is 0 Å². The van der Waals surface area contributed by atoms with Gasteiger partial charge in [0.1, 0.15) is 0 Å². The Morgan fingerprint density at radius 3 is 2.08 bits per heavy atom. The molecule has 0 atom stereocenters. The van der Waals surface area contributed by atoms with Crippen LogP contribution >= 0.6 is 0 Å². The molecule has 0 radical (unpaired) electrons. The number of non-ortho nitro benzene ring substituents is 1. The van der Waals surface area contributed by atoms with Gasteiger partial charge in [-0.2, -0.15) is 0 Å². The number of aromatic nitrogens is 1.